The highest BCUT2D eigenvalue weighted by Gasteiger charge is 2.69. The Morgan fingerprint density at radius 1 is 0.794 bits per heavy atom. The van der Waals surface area contributed by atoms with Crippen molar-refractivity contribution in [1.29, 1.82) is 0 Å². The van der Waals surface area contributed by atoms with E-state index in [4.69, 9.17) is 0 Å². The Balaban J connectivity index is 1.58. The smallest absolute Gasteiger partial charge is 0.0880 e. The average molecular weight is 475 g/mol. The lowest BCUT2D eigenvalue weighted by atomic mass is 9.33. The molecule has 0 aromatic carbocycles. The van der Waals surface area contributed by atoms with Crippen molar-refractivity contribution < 1.29 is 20.4 Å². The van der Waals surface area contributed by atoms with E-state index in [1.807, 2.05) is 6.92 Å². The van der Waals surface area contributed by atoms with Gasteiger partial charge in [-0.05, 0) is 90.8 Å². The van der Waals surface area contributed by atoms with Gasteiger partial charge in [0.1, 0.15) is 0 Å². The molecule has 0 aromatic heterocycles. The molecule has 0 saturated heterocycles. The Morgan fingerprint density at radius 2 is 1.47 bits per heavy atom. The standard InChI is InChI=1S/C30H50O4/c1-25(2)20-10-13-30(7)21(28(20,5)12-11-22(25)32)9-8-18-19-16-26(3,17-31)23(33)24(34)27(19,4)14-15-29(18,30)6/h8,19-24,31-34H,9-17H2,1-7H3/t19-,20-,21+,22-,23-,24+,26-,27+,28-,29+,30+/m0/s1. The molecule has 5 aliphatic carbocycles. The predicted molar refractivity (Wildman–Crippen MR) is 135 cm³/mol. The van der Waals surface area contributed by atoms with E-state index in [9.17, 15) is 20.4 Å². The van der Waals surface area contributed by atoms with Crippen molar-refractivity contribution in [2.24, 2.45) is 50.2 Å². The van der Waals surface area contributed by atoms with Gasteiger partial charge in [-0.1, -0.05) is 60.1 Å². The molecule has 0 bridgehead atoms. The Morgan fingerprint density at radius 3 is 2.12 bits per heavy atom. The van der Waals surface area contributed by atoms with Crippen LogP contribution in [0.5, 0.6) is 0 Å². The molecule has 0 aromatic rings. The zero-order chi connectivity index (χ0) is 25.1. The molecule has 4 heteroatoms. The van der Waals surface area contributed by atoms with Crippen molar-refractivity contribution in [3.8, 4) is 0 Å². The molecule has 11 atom stereocenters. The quantitative estimate of drug-likeness (QED) is 0.399. The molecular formula is C30H50O4. The molecule has 0 unspecified atom stereocenters. The lowest BCUT2D eigenvalue weighted by Gasteiger charge is -2.71. The summed E-state index contributed by atoms with van der Waals surface area (Å²) in [6, 6.07) is 0. The summed E-state index contributed by atoms with van der Waals surface area (Å²) in [6.45, 7) is 16.2. The van der Waals surface area contributed by atoms with Crippen LogP contribution in [0.25, 0.3) is 0 Å². The Hall–Kier alpha value is -0.420. The highest BCUT2D eigenvalue weighted by Crippen LogP contribution is 2.75. The number of rotatable bonds is 1. The van der Waals surface area contributed by atoms with Gasteiger partial charge >= 0.3 is 0 Å². The van der Waals surface area contributed by atoms with Crippen LogP contribution in [0.4, 0.5) is 0 Å². The van der Waals surface area contributed by atoms with Crippen LogP contribution >= 0.6 is 0 Å². The number of fused-ring (bicyclic) bond motifs is 7. The molecular weight excluding hydrogens is 424 g/mol. The van der Waals surface area contributed by atoms with Gasteiger partial charge in [-0.3, -0.25) is 0 Å². The van der Waals surface area contributed by atoms with E-state index < -0.39 is 17.6 Å². The number of aliphatic hydroxyl groups excluding tert-OH is 4. The molecule has 4 nitrogen and oxygen atoms in total. The van der Waals surface area contributed by atoms with Gasteiger partial charge in [0.25, 0.3) is 0 Å². The van der Waals surface area contributed by atoms with E-state index in [-0.39, 0.29) is 45.7 Å². The molecule has 34 heavy (non-hydrogen) atoms. The van der Waals surface area contributed by atoms with E-state index in [1.54, 1.807) is 0 Å². The van der Waals surface area contributed by atoms with Crippen molar-refractivity contribution in [3.05, 3.63) is 11.6 Å². The van der Waals surface area contributed by atoms with Gasteiger partial charge in [0.15, 0.2) is 0 Å². The van der Waals surface area contributed by atoms with Crippen molar-refractivity contribution in [2.45, 2.75) is 118 Å². The number of allylic oxidation sites excluding steroid dienone is 2. The second-order valence-corrected chi connectivity index (χ2v) is 15.1. The van der Waals surface area contributed by atoms with E-state index in [2.05, 4.69) is 47.6 Å². The Labute approximate surface area is 207 Å². The molecule has 0 heterocycles. The van der Waals surface area contributed by atoms with Crippen LogP contribution in [-0.2, 0) is 0 Å². The van der Waals surface area contributed by atoms with Crippen molar-refractivity contribution in [2.75, 3.05) is 6.61 Å². The van der Waals surface area contributed by atoms with Gasteiger partial charge in [0, 0.05) is 10.8 Å². The van der Waals surface area contributed by atoms with Gasteiger partial charge in [0.05, 0.1) is 24.9 Å². The van der Waals surface area contributed by atoms with E-state index in [1.165, 1.54) is 18.4 Å². The summed E-state index contributed by atoms with van der Waals surface area (Å²) in [5.74, 6) is 1.32. The van der Waals surface area contributed by atoms with Gasteiger partial charge in [-0.2, -0.15) is 0 Å². The first kappa shape index (κ1) is 25.2. The largest absolute Gasteiger partial charge is 0.396 e. The Kier molecular flexibility index (Phi) is 5.44. The minimum absolute atomic E-state index is 0.0447. The van der Waals surface area contributed by atoms with Crippen LogP contribution in [-0.4, -0.2) is 45.3 Å². The molecule has 0 aliphatic heterocycles. The molecule has 194 valence electrons. The second-order valence-electron chi connectivity index (χ2n) is 15.1. The monoisotopic (exact) mass is 474 g/mol. The first-order chi connectivity index (χ1) is 15.6. The maximum Gasteiger partial charge on any atom is 0.0880 e. The molecule has 0 amide bonds. The van der Waals surface area contributed by atoms with Crippen LogP contribution in [0.2, 0.25) is 0 Å². The summed E-state index contributed by atoms with van der Waals surface area (Å²) >= 11 is 0. The topological polar surface area (TPSA) is 80.9 Å². The van der Waals surface area contributed by atoms with Crippen molar-refractivity contribution >= 4 is 0 Å². The fourth-order valence-corrected chi connectivity index (χ4v) is 10.7. The zero-order valence-electron chi connectivity index (χ0n) is 22.7. The van der Waals surface area contributed by atoms with Crippen LogP contribution in [0.3, 0.4) is 0 Å². The predicted octanol–water partition coefficient (Wildman–Crippen LogP) is 5.08. The second kappa shape index (κ2) is 7.33. The fourth-order valence-electron chi connectivity index (χ4n) is 10.7. The first-order valence-corrected chi connectivity index (χ1v) is 14.0. The third kappa shape index (κ3) is 2.81. The van der Waals surface area contributed by atoms with Crippen LogP contribution in [0, 0.1) is 50.2 Å². The summed E-state index contributed by atoms with van der Waals surface area (Å²) in [7, 11) is 0. The van der Waals surface area contributed by atoms with Crippen molar-refractivity contribution in [3.63, 3.8) is 0 Å². The molecule has 4 N–H and O–H groups in total. The minimum Gasteiger partial charge on any atom is -0.396 e. The minimum atomic E-state index is -0.888. The summed E-state index contributed by atoms with van der Waals surface area (Å²) in [4.78, 5) is 0. The van der Waals surface area contributed by atoms with E-state index in [0.717, 1.165) is 38.5 Å². The van der Waals surface area contributed by atoms with Crippen LogP contribution in [0.15, 0.2) is 11.6 Å². The molecule has 0 spiro atoms. The van der Waals surface area contributed by atoms with Gasteiger partial charge in [-0.25, -0.2) is 0 Å². The Bertz CT molecular complexity index is 881. The van der Waals surface area contributed by atoms with Crippen LogP contribution < -0.4 is 0 Å². The molecule has 5 aliphatic rings. The number of hydrogen-bond donors (Lipinski definition) is 4. The summed E-state index contributed by atoms with van der Waals surface area (Å²) < 4.78 is 0. The lowest BCUT2D eigenvalue weighted by Crippen LogP contribution is -2.67. The van der Waals surface area contributed by atoms with Crippen LogP contribution in [0.1, 0.15) is 99.8 Å². The molecule has 4 fully saturated rings. The van der Waals surface area contributed by atoms with Gasteiger partial charge in [0.2, 0.25) is 0 Å². The van der Waals surface area contributed by atoms with Gasteiger partial charge in [-0.15, -0.1) is 0 Å². The maximum absolute atomic E-state index is 11.3. The summed E-state index contributed by atoms with van der Waals surface area (Å²) in [5.41, 5.74) is 0.905. The van der Waals surface area contributed by atoms with Gasteiger partial charge < -0.3 is 20.4 Å². The maximum atomic E-state index is 11.3. The van der Waals surface area contributed by atoms with E-state index >= 15 is 0 Å². The normalized spacial score (nSPS) is 58.6. The van der Waals surface area contributed by atoms with E-state index in [0.29, 0.717) is 11.8 Å². The lowest BCUT2D eigenvalue weighted by molar-refractivity contribution is -0.222. The molecule has 0 radical (unpaired) electrons. The zero-order valence-corrected chi connectivity index (χ0v) is 22.7. The highest BCUT2D eigenvalue weighted by molar-refractivity contribution is 5.34. The SMILES string of the molecule is CC1(C)[C@@H](O)CC[C@]2(C)[C@H]3CC=C4[C@@H]5C[C@@](C)(CO)[C@@H](O)[C@@H](O)[C@]5(C)CC[C@@]4(C)[C@]3(C)CC[C@@H]12. The first-order valence-electron chi connectivity index (χ1n) is 14.0. The molecule has 5 rings (SSSR count). The fraction of sp³-hybridized carbons (Fsp3) is 0.933. The highest BCUT2D eigenvalue weighted by atomic mass is 16.3. The third-order valence-electron chi connectivity index (χ3n) is 13.6. The summed E-state index contributed by atoms with van der Waals surface area (Å²) in [6.07, 6.45) is 8.78. The number of hydrogen-bond acceptors (Lipinski definition) is 4. The molecule has 4 saturated carbocycles. The third-order valence-corrected chi connectivity index (χ3v) is 13.6. The average Bonchev–Trinajstić information content (AvgIpc) is 2.77. The summed E-state index contributed by atoms with van der Waals surface area (Å²) in [5, 5.41) is 43.4. The number of aliphatic hydroxyl groups is 4. The van der Waals surface area contributed by atoms with Crippen molar-refractivity contribution in [1.82, 2.24) is 0 Å².